The molecule has 3 N–H and O–H groups in total. The summed E-state index contributed by atoms with van der Waals surface area (Å²) in [4.78, 5) is 37.2. The molecule has 2 aliphatic rings. The van der Waals surface area contributed by atoms with Crippen LogP contribution in [0.25, 0.3) is 0 Å². The second-order valence-electron chi connectivity index (χ2n) is 8.36. The van der Waals surface area contributed by atoms with E-state index in [-0.39, 0.29) is 25.3 Å². The Morgan fingerprint density at radius 2 is 2.12 bits per heavy atom. The fraction of sp³-hybridized carbons (Fsp3) is 0.737. The van der Waals surface area contributed by atoms with Crippen molar-refractivity contribution in [1.82, 2.24) is 9.55 Å². The first-order valence-electron chi connectivity index (χ1n) is 10.5. The van der Waals surface area contributed by atoms with Gasteiger partial charge in [-0.2, -0.15) is 0 Å². The molecule has 0 saturated carbocycles. The minimum atomic E-state index is -3.88. The summed E-state index contributed by atoms with van der Waals surface area (Å²) in [5.41, 5.74) is 3.93. The highest BCUT2D eigenvalue weighted by molar-refractivity contribution is 7.48. The third-order valence-corrected chi connectivity index (χ3v) is 6.62. The summed E-state index contributed by atoms with van der Waals surface area (Å²) >= 11 is 0. The Kier molecular flexibility index (Phi) is 7.74. The van der Waals surface area contributed by atoms with Crippen LogP contribution in [0.15, 0.2) is 21.9 Å². The van der Waals surface area contributed by atoms with Gasteiger partial charge in [0, 0.05) is 18.7 Å². The highest BCUT2D eigenvalue weighted by atomic mass is 31.2. The van der Waals surface area contributed by atoms with Crippen LogP contribution in [-0.2, 0) is 32.4 Å². The van der Waals surface area contributed by atoms with E-state index in [1.807, 2.05) is 0 Å². The van der Waals surface area contributed by atoms with E-state index in [0.717, 1.165) is 4.57 Å². The fourth-order valence-electron chi connectivity index (χ4n) is 3.66. The first-order valence-corrected chi connectivity index (χ1v) is 12.0. The van der Waals surface area contributed by atoms with Crippen LogP contribution in [0.2, 0.25) is 0 Å². The van der Waals surface area contributed by atoms with Gasteiger partial charge < -0.3 is 15.2 Å². The number of nitrogens with two attached hydrogens (primary N) is 1. The highest BCUT2D eigenvalue weighted by Gasteiger charge is 2.59. The predicted molar refractivity (Wildman–Crippen MR) is 112 cm³/mol. The number of ether oxygens (including phenoxy) is 2. The minimum absolute atomic E-state index is 0.0929. The molecule has 0 aliphatic carbocycles. The van der Waals surface area contributed by atoms with Crippen molar-refractivity contribution in [3.05, 3.63) is 33.1 Å². The molecule has 0 spiro atoms. The monoisotopic (exact) mass is 475 g/mol. The maximum absolute atomic E-state index is 12.9. The van der Waals surface area contributed by atoms with Crippen LogP contribution in [0, 0.1) is 0 Å². The molecule has 0 bridgehead atoms. The van der Waals surface area contributed by atoms with E-state index in [0.29, 0.717) is 25.7 Å². The molecule has 0 aromatic carbocycles. The summed E-state index contributed by atoms with van der Waals surface area (Å²) in [6, 6.07) is 1.18. The van der Waals surface area contributed by atoms with Crippen molar-refractivity contribution in [3.63, 3.8) is 0 Å². The molecule has 0 unspecified atom stereocenters. The summed E-state index contributed by atoms with van der Waals surface area (Å²) in [7, 11) is -3.88. The zero-order valence-corrected chi connectivity index (χ0v) is 19.2. The number of hydrogen-bond acceptors (Lipinski definition) is 10. The van der Waals surface area contributed by atoms with Gasteiger partial charge in [-0.25, -0.2) is 9.36 Å². The number of aromatic amines is 1. The van der Waals surface area contributed by atoms with E-state index in [1.54, 1.807) is 20.8 Å². The van der Waals surface area contributed by atoms with Gasteiger partial charge in [0.15, 0.2) is 6.23 Å². The summed E-state index contributed by atoms with van der Waals surface area (Å²) in [5, 5.41) is 0. The van der Waals surface area contributed by atoms with Gasteiger partial charge >= 0.3 is 19.5 Å². The smallest absolute Gasteiger partial charge is 0.463 e. The molecule has 1 aromatic heterocycles. The number of fused-ring (bicyclic) bond motifs is 1. The number of aromatic nitrogens is 2. The summed E-state index contributed by atoms with van der Waals surface area (Å²) in [6.07, 6.45) is 0.778. The molecule has 5 atom stereocenters. The molecule has 2 aliphatic heterocycles. The van der Waals surface area contributed by atoms with Crippen molar-refractivity contribution in [2.45, 2.75) is 76.5 Å². The molecule has 0 amide bonds. The Hall–Kier alpha value is -1.82. The van der Waals surface area contributed by atoms with E-state index in [2.05, 4.69) is 4.98 Å². The molecular formula is C19H30N3O9P. The number of esters is 1. The Balaban J connectivity index is 1.53. The highest BCUT2D eigenvalue weighted by Crippen LogP contribution is 2.58. The van der Waals surface area contributed by atoms with Crippen molar-refractivity contribution in [1.29, 1.82) is 0 Å². The van der Waals surface area contributed by atoms with Crippen LogP contribution in [0.3, 0.4) is 0 Å². The van der Waals surface area contributed by atoms with Gasteiger partial charge in [0.05, 0.1) is 24.9 Å². The lowest BCUT2D eigenvalue weighted by Gasteiger charge is -2.35. The molecule has 1 aromatic rings. The molecule has 13 heteroatoms. The number of carbonyl (C=O) groups excluding carboxylic acids is 1. The zero-order valence-electron chi connectivity index (χ0n) is 18.4. The van der Waals surface area contributed by atoms with Crippen LogP contribution >= 0.6 is 7.82 Å². The lowest BCUT2D eigenvalue weighted by molar-refractivity contribution is -0.147. The number of H-pyrrole nitrogens is 1. The topological polar surface area (TPSA) is 161 Å². The largest absolute Gasteiger partial charge is 0.475 e. The Morgan fingerprint density at radius 3 is 2.81 bits per heavy atom. The molecule has 180 valence electrons. The van der Waals surface area contributed by atoms with Crippen molar-refractivity contribution < 1.29 is 32.4 Å². The third-order valence-electron chi connectivity index (χ3n) is 5.17. The van der Waals surface area contributed by atoms with Gasteiger partial charge in [-0.1, -0.05) is 6.42 Å². The molecular weight excluding hydrogens is 445 g/mol. The lowest BCUT2D eigenvalue weighted by atomic mass is 9.93. The number of rotatable bonds is 9. The summed E-state index contributed by atoms with van der Waals surface area (Å²) < 4.78 is 41.3. The molecule has 12 nitrogen and oxygen atoms in total. The van der Waals surface area contributed by atoms with E-state index in [1.165, 1.54) is 12.3 Å². The minimum Gasteiger partial charge on any atom is -0.463 e. The van der Waals surface area contributed by atoms with Crippen LogP contribution < -0.4 is 17.0 Å². The number of carbonyl (C=O) groups is 1. The number of phosphoric ester groups is 1. The van der Waals surface area contributed by atoms with E-state index in [9.17, 15) is 18.9 Å². The number of nitrogens with zero attached hydrogens (tertiary/aromatic N) is 1. The van der Waals surface area contributed by atoms with Crippen LogP contribution in [0.4, 0.5) is 0 Å². The van der Waals surface area contributed by atoms with E-state index >= 15 is 0 Å². The molecule has 0 radical (unpaired) electrons. The SMILES string of the molecule is CC(C)OC(=O)CCCCCO[P@]1(=O)OC[C@H]2O[C@@H](n3ccc(=O)[nH]c3=O)[C@](C)(N)[C@@H]2O1. The standard InChI is InChI=1S/C19H30N3O9P/c1-12(2)29-15(24)7-5-4-6-10-27-32(26)28-11-13-16(31-32)19(3,20)17(30-13)22-9-8-14(23)21-18(22)25/h8-9,12-13,16-17H,4-7,10-11,20H2,1-3H3,(H,21,23,25)/t13-,16-,17-,19-,32-/m1/s1. The number of nitrogens with one attached hydrogen (secondary N) is 1. The second-order valence-corrected chi connectivity index (χ2v) is 9.98. The van der Waals surface area contributed by atoms with Crippen molar-refractivity contribution in [3.8, 4) is 0 Å². The maximum Gasteiger partial charge on any atom is 0.475 e. The zero-order chi connectivity index (χ0) is 23.5. The second kappa shape index (κ2) is 9.98. The molecule has 3 rings (SSSR count). The normalized spacial score (nSPS) is 32.1. The third kappa shape index (κ3) is 5.75. The number of phosphoric acid groups is 1. The van der Waals surface area contributed by atoms with E-state index in [4.69, 9.17) is 28.8 Å². The molecule has 3 heterocycles. The Labute approximate surface area is 184 Å². The number of hydrogen-bond donors (Lipinski definition) is 2. The van der Waals surface area contributed by atoms with Gasteiger partial charge in [0.2, 0.25) is 0 Å². The molecule has 2 fully saturated rings. The van der Waals surface area contributed by atoms with Gasteiger partial charge in [0.1, 0.15) is 12.2 Å². The van der Waals surface area contributed by atoms with Crippen LogP contribution in [-0.4, -0.2) is 52.6 Å². The van der Waals surface area contributed by atoms with Crippen molar-refractivity contribution in [2.24, 2.45) is 5.73 Å². The Morgan fingerprint density at radius 1 is 1.38 bits per heavy atom. The first-order chi connectivity index (χ1) is 15.0. The van der Waals surface area contributed by atoms with E-state index < -0.39 is 43.0 Å². The Bertz CT molecular complexity index is 973. The van der Waals surface area contributed by atoms with Crippen molar-refractivity contribution in [2.75, 3.05) is 13.2 Å². The van der Waals surface area contributed by atoms with Crippen LogP contribution in [0.1, 0.15) is 52.7 Å². The van der Waals surface area contributed by atoms with Gasteiger partial charge in [-0.15, -0.1) is 0 Å². The maximum atomic E-state index is 12.9. The quantitative estimate of drug-likeness (QED) is 0.302. The van der Waals surface area contributed by atoms with Gasteiger partial charge in [-0.05, 0) is 33.6 Å². The fourth-order valence-corrected chi connectivity index (χ4v) is 5.18. The summed E-state index contributed by atoms with van der Waals surface area (Å²) in [6.45, 7) is 5.20. The van der Waals surface area contributed by atoms with Crippen molar-refractivity contribution >= 4 is 13.8 Å². The number of unbranched alkanes of at least 4 members (excludes halogenated alkanes) is 2. The average molecular weight is 475 g/mol. The van der Waals surface area contributed by atoms with Gasteiger partial charge in [-0.3, -0.25) is 32.7 Å². The van der Waals surface area contributed by atoms with Crippen LogP contribution in [0.5, 0.6) is 0 Å². The predicted octanol–water partition coefficient (Wildman–Crippen LogP) is 1.20. The lowest BCUT2D eigenvalue weighted by Crippen LogP contribution is -2.55. The molecule has 32 heavy (non-hydrogen) atoms. The molecule has 2 saturated heterocycles. The van der Waals surface area contributed by atoms with Gasteiger partial charge in [0.25, 0.3) is 5.56 Å². The average Bonchev–Trinajstić information content (AvgIpc) is 2.94. The summed E-state index contributed by atoms with van der Waals surface area (Å²) in [5.74, 6) is -0.252. The first kappa shape index (κ1) is 24.8.